The molecule has 0 aliphatic heterocycles. The molecule has 0 unspecified atom stereocenters. The molecular formula is C24H28FN3O. The number of para-hydroxylation sites is 2. The summed E-state index contributed by atoms with van der Waals surface area (Å²) in [5, 5.41) is 0. The van der Waals surface area contributed by atoms with Crippen LogP contribution < -0.4 is 0 Å². The summed E-state index contributed by atoms with van der Waals surface area (Å²) in [6, 6.07) is 13.4. The molecule has 152 valence electrons. The number of hydrogen-bond donors (Lipinski definition) is 0. The van der Waals surface area contributed by atoms with Gasteiger partial charge in [0.2, 0.25) is 0 Å². The number of aryl methyl sites for hydroxylation is 1. The first kappa shape index (κ1) is 19.6. The van der Waals surface area contributed by atoms with E-state index in [1.165, 1.54) is 18.9 Å². The lowest BCUT2D eigenvalue weighted by atomic mass is 10.1. The van der Waals surface area contributed by atoms with E-state index < -0.39 is 0 Å². The van der Waals surface area contributed by atoms with Crippen molar-refractivity contribution in [2.24, 2.45) is 0 Å². The molecule has 2 aromatic carbocycles. The van der Waals surface area contributed by atoms with E-state index >= 15 is 0 Å². The van der Waals surface area contributed by atoms with Gasteiger partial charge >= 0.3 is 0 Å². The Bertz CT molecular complexity index is 1020. The Morgan fingerprint density at radius 2 is 1.97 bits per heavy atom. The first-order valence-corrected chi connectivity index (χ1v) is 10.6. The Labute approximate surface area is 171 Å². The number of rotatable bonds is 6. The minimum atomic E-state index is -0.342. The standard InChI is InChI=1S/C24H28FN3O/c1-3-14-27(24(29)18-13-12-17(2)20(25)15-18)16-23-26-21-10-6-7-11-22(21)28(23)19-8-4-5-9-19/h6-7,10-13,15,19H,3-5,8-9,14,16H2,1-2H3. The molecule has 29 heavy (non-hydrogen) atoms. The average molecular weight is 394 g/mol. The number of imidazole rings is 1. The molecule has 4 rings (SSSR count). The molecule has 1 amide bonds. The minimum Gasteiger partial charge on any atom is -0.331 e. The van der Waals surface area contributed by atoms with E-state index in [1.54, 1.807) is 24.0 Å². The number of aromatic nitrogens is 2. The molecule has 3 aromatic rings. The number of benzene rings is 2. The van der Waals surface area contributed by atoms with E-state index in [9.17, 15) is 9.18 Å². The minimum absolute atomic E-state index is 0.143. The lowest BCUT2D eigenvalue weighted by Crippen LogP contribution is -2.33. The van der Waals surface area contributed by atoms with Crippen LogP contribution in [-0.4, -0.2) is 26.9 Å². The topological polar surface area (TPSA) is 38.1 Å². The molecule has 0 radical (unpaired) electrons. The second-order valence-corrected chi connectivity index (χ2v) is 8.02. The van der Waals surface area contributed by atoms with Crippen molar-refractivity contribution in [2.45, 2.75) is 58.5 Å². The molecule has 1 saturated carbocycles. The number of nitrogens with zero attached hydrogens (tertiary/aromatic N) is 3. The van der Waals surface area contributed by atoms with Crippen LogP contribution in [0.2, 0.25) is 0 Å². The van der Waals surface area contributed by atoms with E-state index in [0.717, 1.165) is 36.1 Å². The average Bonchev–Trinajstić information content (AvgIpc) is 3.36. The van der Waals surface area contributed by atoms with Gasteiger partial charge in [-0.2, -0.15) is 0 Å². The van der Waals surface area contributed by atoms with Gasteiger partial charge in [-0.05, 0) is 56.0 Å². The first-order valence-electron chi connectivity index (χ1n) is 10.6. The third-order valence-corrected chi connectivity index (χ3v) is 5.89. The summed E-state index contributed by atoms with van der Waals surface area (Å²) in [5.41, 5.74) is 3.05. The van der Waals surface area contributed by atoms with Crippen LogP contribution in [0, 0.1) is 12.7 Å². The Hall–Kier alpha value is -2.69. The molecule has 1 aliphatic rings. The van der Waals surface area contributed by atoms with Gasteiger partial charge in [-0.25, -0.2) is 9.37 Å². The third kappa shape index (κ3) is 3.91. The van der Waals surface area contributed by atoms with Crippen molar-refractivity contribution in [1.29, 1.82) is 0 Å². The molecule has 0 saturated heterocycles. The van der Waals surface area contributed by atoms with Crippen molar-refractivity contribution >= 4 is 16.9 Å². The van der Waals surface area contributed by atoms with Crippen molar-refractivity contribution in [3.05, 3.63) is 65.2 Å². The molecule has 1 aromatic heterocycles. The molecule has 5 heteroatoms. The summed E-state index contributed by atoms with van der Waals surface area (Å²) >= 11 is 0. The van der Waals surface area contributed by atoms with Crippen LogP contribution in [0.5, 0.6) is 0 Å². The molecule has 4 nitrogen and oxygen atoms in total. The predicted molar refractivity (Wildman–Crippen MR) is 113 cm³/mol. The van der Waals surface area contributed by atoms with Gasteiger partial charge in [-0.3, -0.25) is 4.79 Å². The molecule has 1 aliphatic carbocycles. The third-order valence-electron chi connectivity index (χ3n) is 5.89. The van der Waals surface area contributed by atoms with Crippen LogP contribution in [-0.2, 0) is 6.54 Å². The normalized spacial score (nSPS) is 14.6. The van der Waals surface area contributed by atoms with Gasteiger partial charge in [-0.15, -0.1) is 0 Å². The SMILES string of the molecule is CCCN(Cc1nc2ccccc2n1C1CCCC1)C(=O)c1ccc(C)c(F)c1. The highest BCUT2D eigenvalue weighted by Gasteiger charge is 2.25. The van der Waals surface area contributed by atoms with Gasteiger partial charge in [0.05, 0.1) is 17.6 Å². The predicted octanol–water partition coefficient (Wildman–Crippen LogP) is 5.65. The van der Waals surface area contributed by atoms with Crippen LogP contribution >= 0.6 is 0 Å². The second-order valence-electron chi connectivity index (χ2n) is 8.02. The maximum atomic E-state index is 14.0. The number of carbonyl (C=O) groups excluding carboxylic acids is 1. The van der Waals surface area contributed by atoms with Crippen molar-refractivity contribution in [3.8, 4) is 0 Å². The fourth-order valence-electron chi connectivity index (χ4n) is 4.38. The van der Waals surface area contributed by atoms with Crippen LogP contribution in [0.1, 0.15) is 66.8 Å². The summed E-state index contributed by atoms with van der Waals surface area (Å²) in [5.74, 6) is 0.439. The molecule has 0 bridgehead atoms. The number of halogens is 1. The molecular weight excluding hydrogens is 365 g/mol. The van der Waals surface area contributed by atoms with E-state index in [4.69, 9.17) is 4.98 Å². The fourth-order valence-corrected chi connectivity index (χ4v) is 4.38. The van der Waals surface area contributed by atoms with Crippen molar-refractivity contribution in [3.63, 3.8) is 0 Å². The molecule has 1 heterocycles. The van der Waals surface area contributed by atoms with Crippen molar-refractivity contribution in [1.82, 2.24) is 14.5 Å². The van der Waals surface area contributed by atoms with Gasteiger partial charge in [0, 0.05) is 18.2 Å². The monoisotopic (exact) mass is 393 g/mol. The van der Waals surface area contributed by atoms with Crippen LogP contribution in [0.25, 0.3) is 11.0 Å². The van der Waals surface area contributed by atoms with Gasteiger partial charge < -0.3 is 9.47 Å². The van der Waals surface area contributed by atoms with Gasteiger partial charge in [-0.1, -0.05) is 38.0 Å². The van der Waals surface area contributed by atoms with E-state index in [1.807, 2.05) is 18.2 Å². The van der Waals surface area contributed by atoms with E-state index in [0.29, 0.717) is 30.3 Å². The second kappa shape index (κ2) is 8.36. The highest BCUT2D eigenvalue weighted by Crippen LogP contribution is 2.34. The number of hydrogen-bond acceptors (Lipinski definition) is 2. The van der Waals surface area contributed by atoms with Crippen LogP contribution in [0.15, 0.2) is 42.5 Å². The first-order chi connectivity index (χ1) is 14.1. The van der Waals surface area contributed by atoms with Crippen molar-refractivity contribution < 1.29 is 9.18 Å². The summed E-state index contributed by atoms with van der Waals surface area (Å²) in [6.07, 6.45) is 5.61. The summed E-state index contributed by atoms with van der Waals surface area (Å²) in [4.78, 5) is 19.9. The van der Waals surface area contributed by atoms with Crippen molar-refractivity contribution in [2.75, 3.05) is 6.54 Å². The van der Waals surface area contributed by atoms with Gasteiger partial charge in [0.25, 0.3) is 5.91 Å². The zero-order valence-electron chi connectivity index (χ0n) is 17.2. The molecule has 1 fully saturated rings. The largest absolute Gasteiger partial charge is 0.331 e. The smallest absolute Gasteiger partial charge is 0.254 e. The highest BCUT2D eigenvalue weighted by molar-refractivity contribution is 5.94. The summed E-state index contributed by atoms with van der Waals surface area (Å²) < 4.78 is 16.4. The lowest BCUT2D eigenvalue weighted by Gasteiger charge is -2.24. The zero-order valence-corrected chi connectivity index (χ0v) is 17.2. The number of amides is 1. The van der Waals surface area contributed by atoms with E-state index in [2.05, 4.69) is 17.6 Å². The fraction of sp³-hybridized carbons (Fsp3) is 0.417. The molecule has 0 N–H and O–H groups in total. The zero-order chi connectivity index (χ0) is 20.4. The quantitative estimate of drug-likeness (QED) is 0.543. The van der Waals surface area contributed by atoms with E-state index in [-0.39, 0.29) is 11.7 Å². The summed E-state index contributed by atoms with van der Waals surface area (Å²) in [6.45, 7) is 4.81. The van der Waals surface area contributed by atoms with Gasteiger partial charge in [0.15, 0.2) is 0 Å². The summed E-state index contributed by atoms with van der Waals surface area (Å²) in [7, 11) is 0. The van der Waals surface area contributed by atoms with Crippen LogP contribution in [0.3, 0.4) is 0 Å². The Morgan fingerprint density at radius 3 is 2.69 bits per heavy atom. The molecule has 0 atom stereocenters. The molecule has 0 spiro atoms. The van der Waals surface area contributed by atoms with Crippen LogP contribution in [0.4, 0.5) is 4.39 Å². The maximum absolute atomic E-state index is 14.0. The number of carbonyl (C=O) groups is 1. The Kier molecular flexibility index (Phi) is 5.65. The Balaban J connectivity index is 1.69. The highest BCUT2D eigenvalue weighted by atomic mass is 19.1. The van der Waals surface area contributed by atoms with Gasteiger partial charge in [0.1, 0.15) is 11.6 Å². The Morgan fingerprint density at radius 1 is 1.21 bits per heavy atom. The maximum Gasteiger partial charge on any atom is 0.254 e. The lowest BCUT2D eigenvalue weighted by molar-refractivity contribution is 0.0736. The number of fused-ring (bicyclic) bond motifs is 1.